The van der Waals surface area contributed by atoms with Gasteiger partial charge in [0.05, 0.1) is 11.8 Å². The van der Waals surface area contributed by atoms with Gasteiger partial charge in [-0.2, -0.15) is 0 Å². The maximum Gasteiger partial charge on any atom is 0.277 e. The van der Waals surface area contributed by atoms with Crippen molar-refractivity contribution in [2.45, 2.75) is 18.2 Å². The first-order valence-corrected chi connectivity index (χ1v) is 8.42. The zero-order chi connectivity index (χ0) is 16.8. The SMILES string of the molecule is CC(NC(=O)CSc1nnc(-c2ccncc2)o1)c1ccccc1. The van der Waals surface area contributed by atoms with Crippen molar-refractivity contribution < 1.29 is 9.21 Å². The van der Waals surface area contributed by atoms with Crippen LogP contribution in [-0.2, 0) is 4.79 Å². The lowest BCUT2D eigenvalue weighted by atomic mass is 10.1. The third-order valence-corrected chi connectivity index (χ3v) is 4.16. The van der Waals surface area contributed by atoms with Crippen LogP contribution in [0.25, 0.3) is 11.5 Å². The van der Waals surface area contributed by atoms with Gasteiger partial charge in [0.15, 0.2) is 0 Å². The predicted molar refractivity (Wildman–Crippen MR) is 91.3 cm³/mol. The van der Waals surface area contributed by atoms with Crippen molar-refractivity contribution >= 4 is 17.7 Å². The fourth-order valence-electron chi connectivity index (χ4n) is 2.11. The minimum absolute atomic E-state index is 0.0469. The summed E-state index contributed by atoms with van der Waals surface area (Å²) in [5.41, 5.74) is 1.86. The van der Waals surface area contributed by atoms with Crippen LogP contribution in [0.15, 0.2) is 64.5 Å². The largest absolute Gasteiger partial charge is 0.411 e. The normalized spacial score (nSPS) is 11.9. The number of benzene rings is 1. The van der Waals surface area contributed by atoms with E-state index in [9.17, 15) is 4.79 Å². The second kappa shape index (κ2) is 7.74. The molecule has 0 aliphatic heterocycles. The van der Waals surface area contributed by atoms with Crippen LogP contribution in [0.2, 0.25) is 0 Å². The highest BCUT2D eigenvalue weighted by atomic mass is 32.2. The maximum absolute atomic E-state index is 12.0. The van der Waals surface area contributed by atoms with E-state index in [4.69, 9.17) is 4.42 Å². The number of pyridine rings is 1. The fourth-order valence-corrected chi connectivity index (χ4v) is 2.69. The van der Waals surface area contributed by atoms with E-state index in [0.717, 1.165) is 11.1 Å². The zero-order valence-corrected chi connectivity index (χ0v) is 13.9. The molecule has 3 rings (SSSR count). The third-order valence-electron chi connectivity index (χ3n) is 3.34. The highest BCUT2D eigenvalue weighted by molar-refractivity contribution is 7.99. The summed E-state index contributed by atoms with van der Waals surface area (Å²) in [5.74, 6) is 0.549. The van der Waals surface area contributed by atoms with Crippen LogP contribution in [0.1, 0.15) is 18.5 Å². The summed E-state index contributed by atoms with van der Waals surface area (Å²) in [6.07, 6.45) is 3.32. The summed E-state index contributed by atoms with van der Waals surface area (Å²) < 4.78 is 5.54. The Labute approximate surface area is 143 Å². The van der Waals surface area contributed by atoms with Crippen molar-refractivity contribution in [2.75, 3.05) is 5.75 Å². The number of hydrogen-bond acceptors (Lipinski definition) is 6. The molecule has 0 radical (unpaired) electrons. The van der Waals surface area contributed by atoms with E-state index in [1.54, 1.807) is 24.5 Å². The number of thioether (sulfide) groups is 1. The van der Waals surface area contributed by atoms with E-state index in [0.29, 0.717) is 11.1 Å². The van der Waals surface area contributed by atoms with Gasteiger partial charge in [0, 0.05) is 18.0 Å². The topological polar surface area (TPSA) is 80.9 Å². The van der Waals surface area contributed by atoms with Crippen LogP contribution >= 0.6 is 11.8 Å². The first-order valence-electron chi connectivity index (χ1n) is 7.43. The van der Waals surface area contributed by atoms with Crippen LogP contribution in [0, 0.1) is 0 Å². The predicted octanol–water partition coefficient (Wildman–Crippen LogP) is 3.10. The number of aromatic nitrogens is 3. The second-order valence-electron chi connectivity index (χ2n) is 5.10. The van der Waals surface area contributed by atoms with Gasteiger partial charge in [-0.15, -0.1) is 10.2 Å². The summed E-state index contributed by atoms with van der Waals surface area (Å²) >= 11 is 1.21. The molecule has 0 bridgehead atoms. The highest BCUT2D eigenvalue weighted by Crippen LogP contribution is 2.22. The first kappa shape index (κ1) is 16.2. The standard InChI is InChI=1S/C17H16N4O2S/c1-12(13-5-3-2-4-6-13)19-15(22)11-24-17-21-20-16(23-17)14-7-9-18-10-8-14/h2-10,12H,11H2,1H3,(H,19,22). The molecule has 1 amide bonds. The summed E-state index contributed by atoms with van der Waals surface area (Å²) in [5, 5.41) is 11.2. The molecule has 1 atom stereocenters. The first-order chi connectivity index (χ1) is 11.7. The molecule has 2 aromatic heterocycles. The molecule has 122 valence electrons. The van der Waals surface area contributed by atoms with Crippen molar-refractivity contribution in [1.82, 2.24) is 20.5 Å². The quantitative estimate of drug-likeness (QED) is 0.695. The minimum atomic E-state index is -0.0833. The highest BCUT2D eigenvalue weighted by Gasteiger charge is 2.13. The monoisotopic (exact) mass is 340 g/mol. The Hall–Kier alpha value is -2.67. The van der Waals surface area contributed by atoms with Gasteiger partial charge in [0.25, 0.3) is 5.22 Å². The molecule has 0 spiro atoms. The Balaban J connectivity index is 1.53. The minimum Gasteiger partial charge on any atom is -0.411 e. The van der Waals surface area contributed by atoms with Gasteiger partial charge in [-0.05, 0) is 24.6 Å². The zero-order valence-electron chi connectivity index (χ0n) is 13.0. The van der Waals surface area contributed by atoms with Gasteiger partial charge >= 0.3 is 0 Å². The molecular weight excluding hydrogens is 324 g/mol. The number of nitrogens with one attached hydrogen (secondary N) is 1. The molecule has 0 aliphatic rings. The van der Waals surface area contributed by atoms with E-state index in [1.807, 2.05) is 37.3 Å². The van der Waals surface area contributed by atoms with Crippen LogP contribution in [0.5, 0.6) is 0 Å². The molecule has 0 saturated heterocycles. The van der Waals surface area contributed by atoms with E-state index in [-0.39, 0.29) is 17.7 Å². The van der Waals surface area contributed by atoms with Gasteiger partial charge < -0.3 is 9.73 Å². The lowest BCUT2D eigenvalue weighted by Crippen LogP contribution is -2.28. The fraction of sp³-hybridized carbons (Fsp3) is 0.176. The van der Waals surface area contributed by atoms with Crippen LogP contribution in [0.4, 0.5) is 0 Å². The molecule has 1 aromatic carbocycles. The number of hydrogen-bond donors (Lipinski definition) is 1. The molecule has 6 nitrogen and oxygen atoms in total. The maximum atomic E-state index is 12.0. The average molecular weight is 340 g/mol. The summed E-state index contributed by atoms with van der Waals surface area (Å²) in [4.78, 5) is 16.0. The Morgan fingerprint density at radius 1 is 1.17 bits per heavy atom. The smallest absolute Gasteiger partial charge is 0.277 e. The van der Waals surface area contributed by atoms with Gasteiger partial charge in [0.2, 0.25) is 11.8 Å². The van der Waals surface area contributed by atoms with Gasteiger partial charge in [-0.1, -0.05) is 42.1 Å². The number of rotatable bonds is 6. The summed E-state index contributed by atoms with van der Waals surface area (Å²) in [6, 6.07) is 13.3. The molecular formula is C17H16N4O2S. The number of nitrogens with zero attached hydrogens (tertiary/aromatic N) is 3. The Bertz CT molecular complexity index is 793. The number of carbonyl (C=O) groups excluding carboxylic acids is 1. The van der Waals surface area contributed by atoms with E-state index < -0.39 is 0 Å². The average Bonchev–Trinajstić information content (AvgIpc) is 3.10. The molecule has 1 N–H and O–H groups in total. The van der Waals surface area contributed by atoms with E-state index in [2.05, 4.69) is 20.5 Å². The lowest BCUT2D eigenvalue weighted by molar-refractivity contribution is -0.119. The third kappa shape index (κ3) is 4.20. The van der Waals surface area contributed by atoms with Gasteiger partial charge in [-0.3, -0.25) is 9.78 Å². The molecule has 2 heterocycles. The second-order valence-corrected chi connectivity index (χ2v) is 6.02. The van der Waals surface area contributed by atoms with Crippen LogP contribution in [0.3, 0.4) is 0 Å². The molecule has 1 unspecified atom stereocenters. The van der Waals surface area contributed by atoms with E-state index in [1.165, 1.54) is 11.8 Å². The molecule has 7 heteroatoms. The molecule has 0 fully saturated rings. The van der Waals surface area contributed by atoms with Crippen molar-refractivity contribution in [3.63, 3.8) is 0 Å². The molecule has 24 heavy (non-hydrogen) atoms. The number of amides is 1. The summed E-state index contributed by atoms with van der Waals surface area (Å²) in [6.45, 7) is 1.95. The van der Waals surface area contributed by atoms with Crippen LogP contribution < -0.4 is 5.32 Å². The van der Waals surface area contributed by atoms with Crippen molar-refractivity contribution in [1.29, 1.82) is 0 Å². The Kier molecular flexibility index (Phi) is 5.22. The molecule has 0 saturated carbocycles. The molecule has 0 aliphatic carbocycles. The Morgan fingerprint density at radius 3 is 2.67 bits per heavy atom. The van der Waals surface area contributed by atoms with Crippen molar-refractivity contribution in [3.05, 3.63) is 60.4 Å². The van der Waals surface area contributed by atoms with Crippen LogP contribution in [-0.4, -0.2) is 26.8 Å². The van der Waals surface area contributed by atoms with Crippen molar-refractivity contribution in [2.24, 2.45) is 0 Å². The molecule has 3 aromatic rings. The number of carbonyl (C=O) groups is 1. The summed E-state index contributed by atoms with van der Waals surface area (Å²) in [7, 11) is 0. The van der Waals surface area contributed by atoms with Gasteiger partial charge in [-0.25, -0.2) is 0 Å². The van der Waals surface area contributed by atoms with E-state index >= 15 is 0 Å². The van der Waals surface area contributed by atoms with Crippen molar-refractivity contribution in [3.8, 4) is 11.5 Å². The van der Waals surface area contributed by atoms with Gasteiger partial charge in [0.1, 0.15) is 0 Å². The lowest BCUT2D eigenvalue weighted by Gasteiger charge is -2.13. The Morgan fingerprint density at radius 2 is 1.92 bits per heavy atom.